The molecule has 1 fully saturated rings. The summed E-state index contributed by atoms with van der Waals surface area (Å²) in [5, 5.41) is 0. The van der Waals surface area contributed by atoms with Crippen LogP contribution in [0.1, 0.15) is 100 Å². The Morgan fingerprint density at radius 3 is 2.00 bits per heavy atom. The second-order valence-electron chi connectivity index (χ2n) is 9.03. The monoisotopic (exact) mass is 438 g/mol. The number of allylic oxidation sites excluding steroid dienone is 10. The zero-order chi connectivity index (χ0) is 25.1. The van der Waals surface area contributed by atoms with Gasteiger partial charge in [0.05, 0.1) is 0 Å². The Morgan fingerprint density at radius 1 is 1.00 bits per heavy atom. The zero-order valence-corrected chi connectivity index (χ0v) is 22.9. The van der Waals surface area contributed by atoms with E-state index in [0.717, 1.165) is 34.5 Å². The van der Waals surface area contributed by atoms with Crippen LogP contribution in [0.3, 0.4) is 0 Å². The first kappa shape index (κ1) is 32.4. The molecule has 0 aliphatic heterocycles. The van der Waals surface area contributed by atoms with Gasteiger partial charge in [-0.2, -0.15) is 0 Å². The minimum absolute atomic E-state index is 0.726. The molecule has 3 atom stereocenters. The Morgan fingerprint density at radius 2 is 1.56 bits per heavy atom. The van der Waals surface area contributed by atoms with Crippen molar-refractivity contribution in [2.24, 2.45) is 17.8 Å². The fourth-order valence-corrected chi connectivity index (χ4v) is 4.01. The van der Waals surface area contributed by atoms with Gasteiger partial charge in [0, 0.05) is 0 Å². The Hall–Kier alpha value is -1.82. The van der Waals surface area contributed by atoms with E-state index in [1.54, 1.807) is 6.08 Å². The van der Waals surface area contributed by atoms with Gasteiger partial charge < -0.3 is 0 Å². The van der Waals surface area contributed by atoms with Crippen molar-refractivity contribution in [3.63, 3.8) is 0 Å². The highest BCUT2D eigenvalue weighted by molar-refractivity contribution is 5.46. The predicted molar refractivity (Wildman–Crippen MR) is 151 cm³/mol. The molecular formula is C32H54. The molecule has 0 amide bonds. The van der Waals surface area contributed by atoms with E-state index in [2.05, 4.69) is 60.1 Å². The Bertz CT molecular complexity index is 650. The van der Waals surface area contributed by atoms with Gasteiger partial charge in [-0.1, -0.05) is 128 Å². The van der Waals surface area contributed by atoms with E-state index in [1.165, 1.54) is 56.1 Å². The average molecular weight is 439 g/mol. The van der Waals surface area contributed by atoms with E-state index >= 15 is 0 Å². The molecule has 0 saturated heterocycles. The molecule has 0 aromatic carbocycles. The first-order valence-corrected chi connectivity index (χ1v) is 12.8. The van der Waals surface area contributed by atoms with Gasteiger partial charge in [0.25, 0.3) is 0 Å². The van der Waals surface area contributed by atoms with E-state index in [-0.39, 0.29) is 0 Å². The molecule has 0 radical (unpaired) electrons. The van der Waals surface area contributed by atoms with Crippen molar-refractivity contribution >= 4 is 0 Å². The van der Waals surface area contributed by atoms with Crippen molar-refractivity contribution in [3.05, 3.63) is 84.6 Å². The summed E-state index contributed by atoms with van der Waals surface area (Å²) in [6, 6.07) is 0. The molecule has 0 spiro atoms. The lowest BCUT2D eigenvalue weighted by Gasteiger charge is -2.31. The largest absolute Gasteiger partial charge is 0.0999 e. The van der Waals surface area contributed by atoms with Crippen LogP contribution in [0.15, 0.2) is 84.6 Å². The van der Waals surface area contributed by atoms with Crippen molar-refractivity contribution in [1.29, 1.82) is 0 Å². The van der Waals surface area contributed by atoms with Gasteiger partial charge >= 0.3 is 0 Å². The number of rotatable bonds is 10. The summed E-state index contributed by atoms with van der Waals surface area (Å²) in [6.45, 7) is 32.4. The van der Waals surface area contributed by atoms with Gasteiger partial charge in [-0.3, -0.25) is 0 Å². The molecule has 0 heterocycles. The van der Waals surface area contributed by atoms with Gasteiger partial charge in [0.2, 0.25) is 0 Å². The van der Waals surface area contributed by atoms with Crippen molar-refractivity contribution in [1.82, 2.24) is 0 Å². The highest BCUT2D eigenvalue weighted by Gasteiger charge is 2.23. The summed E-state index contributed by atoms with van der Waals surface area (Å²) in [5.74, 6) is 2.77. The maximum Gasteiger partial charge on any atom is -0.0231 e. The van der Waals surface area contributed by atoms with Crippen LogP contribution >= 0.6 is 0 Å². The van der Waals surface area contributed by atoms with Crippen molar-refractivity contribution in [2.75, 3.05) is 0 Å². The Labute approximate surface area is 202 Å². The van der Waals surface area contributed by atoms with E-state index in [4.69, 9.17) is 0 Å². The highest BCUT2D eigenvalue weighted by Crippen LogP contribution is 2.36. The van der Waals surface area contributed by atoms with Gasteiger partial charge in [-0.25, -0.2) is 0 Å². The smallest absolute Gasteiger partial charge is 0.0231 e. The van der Waals surface area contributed by atoms with Crippen LogP contribution < -0.4 is 0 Å². The maximum absolute atomic E-state index is 4.06. The first-order valence-electron chi connectivity index (χ1n) is 12.8. The normalized spacial score (nSPS) is 19.8. The molecular weight excluding hydrogens is 384 g/mol. The molecule has 182 valence electrons. The summed E-state index contributed by atoms with van der Waals surface area (Å²) in [7, 11) is 0. The molecule has 1 aliphatic rings. The van der Waals surface area contributed by atoms with Crippen LogP contribution in [0, 0.1) is 17.8 Å². The summed E-state index contributed by atoms with van der Waals surface area (Å²) in [6.07, 6.45) is 20.0. The van der Waals surface area contributed by atoms with E-state index in [1.807, 2.05) is 45.9 Å². The van der Waals surface area contributed by atoms with Crippen LogP contribution in [-0.4, -0.2) is 0 Å². The SMILES string of the molecule is C=C(C)C(C)CCC1CCCCC1CC.C=C/C=C(\C=C/C)C(/C)=C/C(=C)C(=C)C.CC. The van der Waals surface area contributed by atoms with Crippen molar-refractivity contribution in [2.45, 2.75) is 100 Å². The molecule has 0 bridgehead atoms. The molecule has 0 aromatic heterocycles. The van der Waals surface area contributed by atoms with Crippen LogP contribution in [0.2, 0.25) is 0 Å². The molecule has 32 heavy (non-hydrogen) atoms. The van der Waals surface area contributed by atoms with E-state index in [0.29, 0.717) is 0 Å². The fraction of sp³-hybridized carbons (Fsp3) is 0.562. The van der Waals surface area contributed by atoms with Gasteiger partial charge in [0.15, 0.2) is 0 Å². The van der Waals surface area contributed by atoms with Crippen molar-refractivity contribution < 1.29 is 0 Å². The summed E-state index contributed by atoms with van der Waals surface area (Å²) < 4.78 is 0. The summed E-state index contributed by atoms with van der Waals surface area (Å²) >= 11 is 0. The molecule has 1 aliphatic carbocycles. The maximum atomic E-state index is 4.06. The van der Waals surface area contributed by atoms with Crippen molar-refractivity contribution in [3.8, 4) is 0 Å². The standard InChI is InChI=1S/C15H28.C15H20.C2H6/c1-5-14-8-6-7-9-15(14)11-10-13(4)12(2)3;1-7-9-15(10-8-2)14(6)11-13(5)12(3)4;1-2/h13-15H,2,5-11H2,1,3-4H3;7-11H,1,3,5H2,2,4,6H3;1-2H3/b;10-8-,14-11+,15-9+;. The topological polar surface area (TPSA) is 0 Å². The average Bonchev–Trinajstić information content (AvgIpc) is 2.78. The summed E-state index contributed by atoms with van der Waals surface area (Å²) in [4.78, 5) is 0. The van der Waals surface area contributed by atoms with Gasteiger partial charge in [-0.05, 0) is 75.0 Å². The molecule has 0 nitrogen and oxygen atoms in total. The molecule has 0 aromatic rings. The lowest BCUT2D eigenvalue weighted by Crippen LogP contribution is -2.19. The summed E-state index contributed by atoms with van der Waals surface area (Å²) in [5.41, 5.74) is 5.63. The molecule has 1 saturated carbocycles. The van der Waals surface area contributed by atoms with Gasteiger partial charge in [-0.15, -0.1) is 0 Å². The van der Waals surface area contributed by atoms with Crippen LogP contribution in [-0.2, 0) is 0 Å². The first-order chi connectivity index (χ1) is 15.2. The zero-order valence-electron chi connectivity index (χ0n) is 22.9. The second-order valence-corrected chi connectivity index (χ2v) is 9.03. The van der Waals surface area contributed by atoms with Crippen LogP contribution in [0.25, 0.3) is 0 Å². The minimum Gasteiger partial charge on any atom is -0.0999 e. The van der Waals surface area contributed by atoms with Crippen LogP contribution in [0.4, 0.5) is 0 Å². The van der Waals surface area contributed by atoms with Crippen LogP contribution in [0.5, 0.6) is 0 Å². The third-order valence-corrected chi connectivity index (χ3v) is 6.44. The molecule has 0 heteroatoms. The lowest BCUT2D eigenvalue weighted by molar-refractivity contribution is 0.209. The fourth-order valence-electron chi connectivity index (χ4n) is 4.01. The number of hydrogen-bond donors (Lipinski definition) is 0. The Kier molecular flexibility index (Phi) is 20.1. The van der Waals surface area contributed by atoms with Gasteiger partial charge in [0.1, 0.15) is 0 Å². The predicted octanol–water partition coefficient (Wildman–Crippen LogP) is 11.0. The third kappa shape index (κ3) is 14.3. The lowest BCUT2D eigenvalue weighted by atomic mass is 9.74. The third-order valence-electron chi connectivity index (χ3n) is 6.44. The quantitative estimate of drug-likeness (QED) is 0.235. The second kappa shape index (κ2) is 19.8. The minimum atomic E-state index is 0.726. The molecule has 1 rings (SSSR count). The van der Waals surface area contributed by atoms with E-state index < -0.39 is 0 Å². The molecule has 0 N–H and O–H groups in total. The molecule has 3 unspecified atom stereocenters. The van der Waals surface area contributed by atoms with E-state index in [9.17, 15) is 0 Å². The Balaban J connectivity index is 0. The number of hydrogen-bond acceptors (Lipinski definition) is 0. The highest BCUT2D eigenvalue weighted by atomic mass is 14.3.